The highest BCUT2D eigenvalue weighted by atomic mass is 32.2. The van der Waals surface area contributed by atoms with Crippen molar-refractivity contribution in [3.05, 3.63) is 34.6 Å². The lowest BCUT2D eigenvalue weighted by atomic mass is 10.1. The lowest BCUT2D eigenvalue weighted by Crippen LogP contribution is -2.48. The fraction of sp³-hybridized carbons (Fsp3) is 0.412. The van der Waals surface area contributed by atoms with Crippen molar-refractivity contribution in [3.63, 3.8) is 0 Å². The molecule has 0 unspecified atom stereocenters. The van der Waals surface area contributed by atoms with Crippen molar-refractivity contribution in [1.82, 2.24) is 20.2 Å². The first-order valence-electron chi connectivity index (χ1n) is 7.95. The van der Waals surface area contributed by atoms with E-state index >= 15 is 0 Å². The van der Waals surface area contributed by atoms with E-state index in [2.05, 4.69) is 15.6 Å². The summed E-state index contributed by atoms with van der Waals surface area (Å²) in [5, 5.41) is 5.92. The molecule has 0 fully saturated rings. The van der Waals surface area contributed by atoms with Crippen LogP contribution in [0, 0.1) is 0 Å². The Hall–Kier alpha value is -2.35. The molecule has 0 radical (unpaired) electrons. The maximum atomic E-state index is 12.5. The molecule has 8 heteroatoms. The number of thioether (sulfide) groups is 1. The number of hydrogen-bond donors (Lipinski definition) is 2. The van der Waals surface area contributed by atoms with Crippen molar-refractivity contribution in [1.29, 1.82) is 0 Å². The van der Waals surface area contributed by atoms with E-state index in [0.29, 0.717) is 22.6 Å². The second-order valence-electron chi connectivity index (χ2n) is 6.50. The number of benzene rings is 1. The molecule has 1 aromatic heterocycles. The number of urea groups is 1. The van der Waals surface area contributed by atoms with Gasteiger partial charge in [0, 0.05) is 12.1 Å². The molecule has 2 rings (SSSR count). The first kappa shape index (κ1) is 19.0. The molecule has 1 aromatic carbocycles. The van der Waals surface area contributed by atoms with E-state index in [1.807, 2.05) is 33.8 Å². The summed E-state index contributed by atoms with van der Waals surface area (Å²) in [6.45, 7) is 7.77. The number of carbonyl (C=O) groups is 2. The van der Waals surface area contributed by atoms with Crippen LogP contribution in [0.2, 0.25) is 0 Å². The molecule has 0 saturated heterocycles. The van der Waals surface area contributed by atoms with Crippen molar-refractivity contribution in [3.8, 4) is 0 Å². The fourth-order valence-corrected chi connectivity index (χ4v) is 3.06. The van der Waals surface area contributed by atoms with Crippen LogP contribution in [0.15, 0.2) is 34.2 Å². The van der Waals surface area contributed by atoms with Crippen molar-refractivity contribution in [2.24, 2.45) is 0 Å². The van der Waals surface area contributed by atoms with Gasteiger partial charge in [0.25, 0.3) is 5.56 Å². The number of para-hydroxylation sites is 1. The highest BCUT2D eigenvalue weighted by molar-refractivity contribution is 7.99. The lowest BCUT2D eigenvalue weighted by Gasteiger charge is -2.20. The third kappa shape index (κ3) is 5.06. The zero-order valence-corrected chi connectivity index (χ0v) is 15.6. The molecule has 7 nitrogen and oxygen atoms in total. The molecule has 0 aliphatic carbocycles. The molecule has 2 N–H and O–H groups in total. The van der Waals surface area contributed by atoms with E-state index in [9.17, 15) is 14.4 Å². The number of carbonyl (C=O) groups excluding carboxylic acids is 2. The normalized spacial score (nSPS) is 11.4. The Bertz CT molecular complexity index is 855. The quantitative estimate of drug-likeness (QED) is 0.642. The van der Waals surface area contributed by atoms with Gasteiger partial charge in [0.1, 0.15) is 0 Å². The first-order valence-corrected chi connectivity index (χ1v) is 8.94. The molecule has 0 atom stereocenters. The number of nitrogens with zero attached hydrogens (tertiary/aromatic N) is 2. The molecule has 0 saturated carbocycles. The lowest BCUT2D eigenvalue weighted by molar-refractivity contribution is -0.117. The summed E-state index contributed by atoms with van der Waals surface area (Å²) in [6.07, 6.45) is 0. The Labute approximate surface area is 150 Å². The highest BCUT2D eigenvalue weighted by Crippen LogP contribution is 2.17. The van der Waals surface area contributed by atoms with Gasteiger partial charge in [-0.1, -0.05) is 23.9 Å². The predicted octanol–water partition coefficient (Wildman–Crippen LogP) is 2.13. The summed E-state index contributed by atoms with van der Waals surface area (Å²) in [5.74, 6) is -0.459. The molecule has 3 amide bonds. The first-order chi connectivity index (χ1) is 11.7. The van der Waals surface area contributed by atoms with E-state index in [4.69, 9.17) is 0 Å². The minimum Gasteiger partial charge on any atom is -0.333 e. The minimum atomic E-state index is -0.544. The SMILES string of the molecule is CCn1c(SCC(=O)NC(=O)NC(C)(C)C)nc2ccccc2c1=O. The van der Waals surface area contributed by atoms with Gasteiger partial charge in [-0.3, -0.25) is 19.5 Å². The van der Waals surface area contributed by atoms with Gasteiger partial charge in [-0.25, -0.2) is 9.78 Å². The Morgan fingerprint density at radius 2 is 1.92 bits per heavy atom. The number of fused-ring (bicyclic) bond motifs is 1. The van der Waals surface area contributed by atoms with Gasteiger partial charge in [0.2, 0.25) is 5.91 Å². The van der Waals surface area contributed by atoms with Crippen LogP contribution in [0.1, 0.15) is 27.7 Å². The molecule has 0 bridgehead atoms. The standard InChI is InChI=1S/C17H22N4O3S/c1-5-21-14(23)11-8-6-7-9-12(11)18-16(21)25-10-13(22)19-15(24)20-17(2,3)4/h6-9H,5,10H2,1-4H3,(H2,19,20,22,24). The fourth-order valence-electron chi connectivity index (χ4n) is 2.20. The van der Waals surface area contributed by atoms with Crippen LogP contribution in [0.3, 0.4) is 0 Å². The van der Waals surface area contributed by atoms with Gasteiger partial charge < -0.3 is 5.32 Å². The number of hydrogen-bond acceptors (Lipinski definition) is 5. The van der Waals surface area contributed by atoms with Crippen LogP contribution < -0.4 is 16.2 Å². The number of rotatable bonds is 4. The summed E-state index contributed by atoms with van der Waals surface area (Å²) < 4.78 is 1.52. The van der Waals surface area contributed by atoms with E-state index in [1.165, 1.54) is 4.57 Å². The smallest absolute Gasteiger partial charge is 0.321 e. The van der Waals surface area contributed by atoms with Gasteiger partial charge in [-0.05, 0) is 39.8 Å². The predicted molar refractivity (Wildman–Crippen MR) is 98.8 cm³/mol. The monoisotopic (exact) mass is 362 g/mol. The number of aromatic nitrogens is 2. The zero-order valence-electron chi connectivity index (χ0n) is 14.8. The second kappa shape index (κ2) is 7.69. The topological polar surface area (TPSA) is 93.1 Å². The van der Waals surface area contributed by atoms with Crippen molar-refractivity contribution < 1.29 is 9.59 Å². The summed E-state index contributed by atoms with van der Waals surface area (Å²) in [6, 6.07) is 6.55. The van der Waals surface area contributed by atoms with Gasteiger partial charge in [0.05, 0.1) is 16.7 Å². The number of amides is 3. The van der Waals surface area contributed by atoms with E-state index in [-0.39, 0.29) is 11.3 Å². The van der Waals surface area contributed by atoms with Crippen molar-refractivity contribution >= 4 is 34.6 Å². The van der Waals surface area contributed by atoms with Gasteiger partial charge >= 0.3 is 6.03 Å². The molecular formula is C17H22N4O3S. The van der Waals surface area contributed by atoms with Crippen molar-refractivity contribution in [2.45, 2.75) is 44.9 Å². The van der Waals surface area contributed by atoms with Crippen LogP contribution >= 0.6 is 11.8 Å². The molecule has 25 heavy (non-hydrogen) atoms. The number of imide groups is 1. The second-order valence-corrected chi connectivity index (χ2v) is 7.44. The van der Waals surface area contributed by atoms with E-state index < -0.39 is 17.5 Å². The Morgan fingerprint density at radius 3 is 2.56 bits per heavy atom. The van der Waals surface area contributed by atoms with E-state index in [0.717, 1.165) is 11.8 Å². The molecule has 0 aliphatic rings. The summed E-state index contributed by atoms with van der Waals surface area (Å²) >= 11 is 1.13. The average Bonchev–Trinajstić information content (AvgIpc) is 2.51. The van der Waals surface area contributed by atoms with Crippen LogP contribution in [0.5, 0.6) is 0 Å². The maximum absolute atomic E-state index is 12.5. The Kier molecular flexibility index (Phi) is 5.84. The molecule has 2 aromatic rings. The summed E-state index contributed by atoms with van der Waals surface area (Å²) in [4.78, 5) is 40.6. The molecule has 0 aliphatic heterocycles. The molecule has 1 heterocycles. The van der Waals surface area contributed by atoms with E-state index in [1.54, 1.807) is 18.2 Å². The molecule has 0 spiro atoms. The van der Waals surface area contributed by atoms with Gasteiger partial charge in [-0.2, -0.15) is 0 Å². The largest absolute Gasteiger partial charge is 0.333 e. The Balaban J connectivity index is 2.11. The van der Waals surface area contributed by atoms with Gasteiger partial charge in [-0.15, -0.1) is 0 Å². The third-order valence-electron chi connectivity index (χ3n) is 3.22. The zero-order chi connectivity index (χ0) is 18.6. The van der Waals surface area contributed by atoms with Crippen LogP contribution in [0.4, 0.5) is 4.79 Å². The Morgan fingerprint density at radius 1 is 1.24 bits per heavy atom. The third-order valence-corrected chi connectivity index (χ3v) is 4.19. The van der Waals surface area contributed by atoms with Crippen LogP contribution in [0.25, 0.3) is 10.9 Å². The maximum Gasteiger partial charge on any atom is 0.321 e. The number of nitrogens with one attached hydrogen (secondary N) is 2. The summed E-state index contributed by atoms with van der Waals surface area (Å²) in [5.41, 5.74) is 0.0205. The minimum absolute atomic E-state index is 0.0116. The summed E-state index contributed by atoms with van der Waals surface area (Å²) in [7, 11) is 0. The molecular weight excluding hydrogens is 340 g/mol. The van der Waals surface area contributed by atoms with Crippen LogP contribution in [-0.4, -0.2) is 32.8 Å². The van der Waals surface area contributed by atoms with Gasteiger partial charge in [0.15, 0.2) is 5.16 Å². The van der Waals surface area contributed by atoms with Crippen LogP contribution in [-0.2, 0) is 11.3 Å². The average molecular weight is 362 g/mol. The van der Waals surface area contributed by atoms with Crippen molar-refractivity contribution in [2.75, 3.05) is 5.75 Å². The highest BCUT2D eigenvalue weighted by Gasteiger charge is 2.17. The molecule has 134 valence electrons.